The molecule has 1 amide bonds. The number of anilines is 1. The van der Waals surface area contributed by atoms with E-state index in [0.29, 0.717) is 0 Å². The Balaban J connectivity index is 3.14. The van der Waals surface area contributed by atoms with Crippen molar-refractivity contribution in [3.8, 4) is 0 Å². The number of carbonyl (C=O) groups excluding carboxylic acids is 1. The predicted molar refractivity (Wildman–Crippen MR) is 72.7 cm³/mol. The summed E-state index contributed by atoms with van der Waals surface area (Å²) in [5, 5.41) is 22.2. The second-order valence-electron chi connectivity index (χ2n) is 4.81. The molecule has 2 N–H and O–H groups in total. The minimum atomic E-state index is -1.26. The van der Waals surface area contributed by atoms with Gasteiger partial charge >= 0.3 is 5.97 Å². The summed E-state index contributed by atoms with van der Waals surface area (Å²) in [6.45, 7) is 5.42. The molecule has 0 fully saturated rings. The van der Waals surface area contributed by atoms with E-state index in [0.717, 1.165) is 18.2 Å². The Hall–Kier alpha value is -2.44. The maximum absolute atomic E-state index is 11.9. The van der Waals surface area contributed by atoms with Gasteiger partial charge in [-0.1, -0.05) is 20.8 Å². The van der Waals surface area contributed by atoms with Crippen molar-refractivity contribution in [2.45, 2.75) is 20.8 Å². The average molecular weight is 280 g/mol. The predicted octanol–water partition coefficient (Wildman–Crippen LogP) is 2.52. The number of carboxylic acids is 1. The van der Waals surface area contributed by atoms with Gasteiger partial charge in [0.05, 0.1) is 16.2 Å². The van der Waals surface area contributed by atoms with E-state index in [1.54, 1.807) is 6.92 Å². The van der Waals surface area contributed by atoms with Gasteiger partial charge in [0.25, 0.3) is 5.69 Å². The number of rotatable bonds is 5. The van der Waals surface area contributed by atoms with Gasteiger partial charge in [0, 0.05) is 18.1 Å². The number of non-ortho nitro benzene ring substituents is 1. The van der Waals surface area contributed by atoms with E-state index in [2.05, 4.69) is 5.32 Å². The van der Waals surface area contributed by atoms with Crippen LogP contribution in [0.15, 0.2) is 18.2 Å². The number of aromatic carboxylic acids is 1. The largest absolute Gasteiger partial charge is 0.478 e. The van der Waals surface area contributed by atoms with Gasteiger partial charge in [-0.05, 0) is 12.0 Å². The molecular formula is C13H16N2O5. The molecule has 20 heavy (non-hydrogen) atoms. The van der Waals surface area contributed by atoms with E-state index in [1.165, 1.54) is 0 Å². The van der Waals surface area contributed by atoms with Crippen molar-refractivity contribution in [2.24, 2.45) is 11.8 Å². The van der Waals surface area contributed by atoms with Crippen LogP contribution < -0.4 is 5.32 Å². The topological polar surface area (TPSA) is 110 Å². The molecular weight excluding hydrogens is 264 g/mol. The summed E-state index contributed by atoms with van der Waals surface area (Å²) >= 11 is 0. The Bertz CT molecular complexity index is 554. The van der Waals surface area contributed by atoms with Crippen LogP contribution in [0.2, 0.25) is 0 Å². The monoisotopic (exact) mass is 280 g/mol. The smallest absolute Gasteiger partial charge is 0.337 e. The van der Waals surface area contributed by atoms with Crippen LogP contribution in [0.3, 0.4) is 0 Å². The Labute approximate surface area is 115 Å². The number of nitro groups is 1. The van der Waals surface area contributed by atoms with Gasteiger partial charge in [0.2, 0.25) is 5.91 Å². The molecule has 0 radical (unpaired) electrons. The van der Waals surface area contributed by atoms with Gasteiger partial charge in [0.1, 0.15) is 0 Å². The first-order chi connectivity index (χ1) is 9.23. The van der Waals surface area contributed by atoms with Gasteiger partial charge in [-0.25, -0.2) is 4.79 Å². The highest BCUT2D eigenvalue weighted by Gasteiger charge is 2.21. The number of carbonyl (C=O) groups is 2. The zero-order chi connectivity index (χ0) is 15.4. The van der Waals surface area contributed by atoms with Crippen LogP contribution in [0.25, 0.3) is 0 Å². The van der Waals surface area contributed by atoms with Crippen molar-refractivity contribution in [3.05, 3.63) is 33.9 Å². The minimum absolute atomic E-state index is 0.0656. The summed E-state index contributed by atoms with van der Waals surface area (Å²) in [5.41, 5.74) is -0.522. The van der Waals surface area contributed by atoms with E-state index in [1.807, 2.05) is 13.8 Å². The Morgan fingerprint density at radius 3 is 2.35 bits per heavy atom. The molecule has 0 aliphatic carbocycles. The quantitative estimate of drug-likeness (QED) is 0.636. The summed E-state index contributed by atoms with van der Waals surface area (Å²) in [4.78, 5) is 33.1. The number of amides is 1. The highest BCUT2D eigenvalue weighted by atomic mass is 16.6. The highest BCUT2D eigenvalue weighted by molar-refractivity contribution is 6.01. The van der Waals surface area contributed by atoms with Crippen LogP contribution in [0, 0.1) is 22.0 Å². The van der Waals surface area contributed by atoms with Crippen LogP contribution in [0.5, 0.6) is 0 Å². The summed E-state index contributed by atoms with van der Waals surface area (Å²) in [6.07, 6.45) is 0. The molecule has 108 valence electrons. The molecule has 0 aliphatic heterocycles. The summed E-state index contributed by atoms with van der Waals surface area (Å²) in [6, 6.07) is 3.25. The molecule has 0 bridgehead atoms. The zero-order valence-corrected chi connectivity index (χ0v) is 11.4. The number of hydrogen-bond acceptors (Lipinski definition) is 4. The normalized spacial score (nSPS) is 12.0. The summed E-state index contributed by atoms with van der Waals surface area (Å²) in [7, 11) is 0. The van der Waals surface area contributed by atoms with Crippen LogP contribution in [0.1, 0.15) is 31.1 Å². The molecule has 0 saturated carbocycles. The van der Waals surface area contributed by atoms with Gasteiger partial charge in [-0.2, -0.15) is 0 Å². The fourth-order valence-electron chi connectivity index (χ4n) is 1.49. The van der Waals surface area contributed by atoms with E-state index in [9.17, 15) is 19.7 Å². The average Bonchev–Trinajstić information content (AvgIpc) is 2.36. The van der Waals surface area contributed by atoms with Crippen molar-refractivity contribution < 1.29 is 19.6 Å². The Morgan fingerprint density at radius 1 is 1.30 bits per heavy atom. The standard InChI is InChI=1S/C13H16N2O5/c1-7(2)8(3)12(16)14-11-6-9(15(19)20)4-5-10(11)13(17)18/h4-8H,1-3H3,(H,14,16)(H,17,18). The third kappa shape index (κ3) is 3.53. The first-order valence-electron chi connectivity index (χ1n) is 6.06. The van der Waals surface area contributed by atoms with Gasteiger partial charge in [0.15, 0.2) is 0 Å². The number of carboxylic acid groups (broad SMARTS) is 1. The lowest BCUT2D eigenvalue weighted by molar-refractivity contribution is -0.384. The number of benzene rings is 1. The van der Waals surface area contributed by atoms with E-state index in [4.69, 9.17) is 5.11 Å². The third-order valence-corrected chi connectivity index (χ3v) is 3.12. The van der Waals surface area contributed by atoms with Crippen molar-refractivity contribution in [1.29, 1.82) is 0 Å². The fourth-order valence-corrected chi connectivity index (χ4v) is 1.49. The summed E-state index contributed by atoms with van der Waals surface area (Å²) < 4.78 is 0. The Kier molecular flexibility index (Phi) is 4.79. The van der Waals surface area contributed by atoms with Crippen molar-refractivity contribution >= 4 is 23.3 Å². The van der Waals surface area contributed by atoms with E-state index >= 15 is 0 Å². The number of nitro benzene ring substituents is 1. The second-order valence-corrected chi connectivity index (χ2v) is 4.81. The maximum atomic E-state index is 11.9. The molecule has 0 saturated heterocycles. The zero-order valence-electron chi connectivity index (χ0n) is 11.4. The van der Waals surface area contributed by atoms with Crippen molar-refractivity contribution in [3.63, 3.8) is 0 Å². The molecule has 1 aromatic carbocycles. The lowest BCUT2D eigenvalue weighted by Crippen LogP contribution is -2.25. The summed E-state index contributed by atoms with van der Waals surface area (Å²) in [5.74, 6) is -1.90. The minimum Gasteiger partial charge on any atom is -0.478 e. The molecule has 1 atom stereocenters. The number of hydrogen-bond donors (Lipinski definition) is 2. The lowest BCUT2D eigenvalue weighted by Gasteiger charge is -2.16. The van der Waals surface area contributed by atoms with Crippen LogP contribution >= 0.6 is 0 Å². The van der Waals surface area contributed by atoms with Crippen LogP contribution in [-0.4, -0.2) is 21.9 Å². The fraction of sp³-hybridized carbons (Fsp3) is 0.385. The van der Waals surface area contributed by atoms with Crippen LogP contribution in [0.4, 0.5) is 11.4 Å². The lowest BCUT2D eigenvalue weighted by atomic mass is 9.97. The molecule has 0 aliphatic rings. The van der Waals surface area contributed by atoms with E-state index in [-0.39, 0.29) is 34.7 Å². The molecule has 7 nitrogen and oxygen atoms in total. The van der Waals surface area contributed by atoms with Gasteiger partial charge < -0.3 is 10.4 Å². The number of nitrogens with one attached hydrogen (secondary N) is 1. The van der Waals surface area contributed by atoms with E-state index < -0.39 is 10.9 Å². The first-order valence-corrected chi connectivity index (χ1v) is 6.06. The molecule has 1 unspecified atom stereocenters. The van der Waals surface area contributed by atoms with Crippen molar-refractivity contribution in [1.82, 2.24) is 0 Å². The first kappa shape index (κ1) is 15.6. The highest BCUT2D eigenvalue weighted by Crippen LogP contribution is 2.24. The number of nitrogens with zero attached hydrogens (tertiary/aromatic N) is 1. The second kappa shape index (κ2) is 6.14. The van der Waals surface area contributed by atoms with Gasteiger partial charge in [-0.15, -0.1) is 0 Å². The molecule has 7 heteroatoms. The SMILES string of the molecule is CC(C)C(C)C(=O)Nc1cc([N+](=O)[O-])ccc1C(=O)O. The maximum Gasteiger partial charge on any atom is 0.337 e. The molecule has 1 aromatic rings. The van der Waals surface area contributed by atoms with Crippen LogP contribution in [-0.2, 0) is 4.79 Å². The van der Waals surface area contributed by atoms with Crippen molar-refractivity contribution in [2.75, 3.05) is 5.32 Å². The molecule has 0 spiro atoms. The van der Waals surface area contributed by atoms with Gasteiger partial charge in [-0.3, -0.25) is 14.9 Å². The molecule has 1 rings (SSSR count). The third-order valence-electron chi connectivity index (χ3n) is 3.12. The molecule has 0 heterocycles. The Morgan fingerprint density at radius 2 is 1.90 bits per heavy atom. The molecule has 0 aromatic heterocycles.